The predicted octanol–water partition coefficient (Wildman–Crippen LogP) is 6.31. The Morgan fingerprint density at radius 1 is 0.936 bits per heavy atom. The summed E-state index contributed by atoms with van der Waals surface area (Å²) in [4.78, 5) is 28.1. The standard InChI is InChI=1S/C38H44F2N2O5/c1-25-4-15-31(16-5-25)46-32-17-13-30(14-18-32)35(43)29-11-9-27(10-12-29)22-42(3)23-34-26(2)6-19-33(36(34)47-38(39)40)37(44)41-20-21-45-24-28-7-8-28/h4-6,13-19,23,27-29,38H,2,7-12,20-22,24H2,1,3H3,(H,41,44)/b34-23+. The average Bonchev–Trinajstić information content (AvgIpc) is 3.88. The van der Waals surface area contributed by atoms with Crippen molar-refractivity contribution < 1.29 is 32.6 Å². The molecule has 7 nitrogen and oxygen atoms in total. The van der Waals surface area contributed by atoms with E-state index < -0.39 is 12.5 Å². The van der Waals surface area contributed by atoms with E-state index in [2.05, 4.69) is 11.9 Å². The summed E-state index contributed by atoms with van der Waals surface area (Å²) in [5, 5.41) is 3.55. The van der Waals surface area contributed by atoms with Crippen LogP contribution in [0.4, 0.5) is 8.78 Å². The van der Waals surface area contributed by atoms with E-state index in [0.29, 0.717) is 53.3 Å². The number of nitrogens with one attached hydrogen (secondary N) is 1. The molecule has 2 saturated carbocycles. The molecule has 5 rings (SSSR count). The number of hydrogen-bond donors (Lipinski definition) is 1. The summed E-state index contributed by atoms with van der Waals surface area (Å²) in [5.41, 5.74) is 1.86. The van der Waals surface area contributed by atoms with Crippen LogP contribution in [0, 0.1) is 24.7 Å². The molecular formula is C38H44F2N2O5. The van der Waals surface area contributed by atoms with Crippen LogP contribution < -0.4 is 25.2 Å². The minimum Gasteiger partial charge on any atom is -0.457 e. The monoisotopic (exact) mass is 646 g/mol. The van der Waals surface area contributed by atoms with Gasteiger partial charge in [-0.1, -0.05) is 30.3 Å². The van der Waals surface area contributed by atoms with E-state index in [0.717, 1.165) is 37.0 Å². The van der Waals surface area contributed by atoms with Gasteiger partial charge in [0.2, 0.25) is 0 Å². The predicted molar refractivity (Wildman–Crippen MR) is 178 cm³/mol. The molecule has 0 saturated heterocycles. The molecule has 250 valence electrons. The number of carbonyl (C=O) groups is 2. The number of carbonyl (C=O) groups excluding carboxylic acids is 2. The summed E-state index contributed by atoms with van der Waals surface area (Å²) in [6, 6.07) is 18.2. The Kier molecular flexibility index (Phi) is 11.6. The minimum atomic E-state index is -3.10. The Morgan fingerprint density at radius 2 is 1.57 bits per heavy atom. The Hall–Kier alpha value is -4.24. The lowest BCUT2D eigenvalue weighted by Gasteiger charge is -2.30. The van der Waals surface area contributed by atoms with Crippen molar-refractivity contribution >= 4 is 24.5 Å². The molecule has 2 aliphatic carbocycles. The van der Waals surface area contributed by atoms with Gasteiger partial charge in [-0.15, -0.1) is 0 Å². The molecule has 3 aromatic rings. The van der Waals surface area contributed by atoms with Crippen LogP contribution in [0.25, 0.3) is 12.8 Å². The molecule has 9 heteroatoms. The van der Waals surface area contributed by atoms with E-state index in [1.165, 1.54) is 18.9 Å². The summed E-state index contributed by atoms with van der Waals surface area (Å²) < 4.78 is 43.4. The Bertz CT molecular complexity index is 1620. The summed E-state index contributed by atoms with van der Waals surface area (Å²) >= 11 is 0. The fourth-order valence-electron chi connectivity index (χ4n) is 6.00. The van der Waals surface area contributed by atoms with Crippen molar-refractivity contribution in [1.29, 1.82) is 0 Å². The molecule has 1 N–H and O–H groups in total. The van der Waals surface area contributed by atoms with Crippen molar-refractivity contribution in [1.82, 2.24) is 10.2 Å². The first-order valence-corrected chi connectivity index (χ1v) is 16.4. The maximum atomic E-state index is 13.5. The molecule has 0 heterocycles. The van der Waals surface area contributed by atoms with E-state index in [1.807, 2.05) is 67.4 Å². The molecular weight excluding hydrogens is 602 g/mol. The molecule has 47 heavy (non-hydrogen) atoms. The second kappa shape index (κ2) is 16.0. The van der Waals surface area contributed by atoms with Crippen LogP contribution in [0.5, 0.6) is 17.2 Å². The molecule has 1 amide bonds. The highest BCUT2D eigenvalue weighted by molar-refractivity contribution is 5.98. The molecule has 0 aromatic heterocycles. The number of hydrogen-bond acceptors (Lipinski definition) is 6. The fourth-order valence-corrected chi connectivity index (χ4v) is 6.00. The Balaban J connectivity index is 1.16. The molecule has 2 aliphatic rings. The van der Waals surface area contributed by atoms with Gasteiger partial charge in [-0.05, 0) is 105 Å². The van der Waals surface area contributed by atoms with Crippen LogP contribution in [-0.4, -0.2) is 56.6 Å². The molecule has 0 unspecified atom stereocenters. The largest absolute Gasteiger partial charge is 0.457 e. The summed E-state index contributed by atoms with van der Waals surface area (Å²) in [6.45, 7) is 4.88. The second-order valence-corrected chi connectivity index (χ2v) is 12.8. The zero-order valence-electron chi connectivity index (χ0n) is 27.2. The second-order valence-electron chi connectivity index (χ2n) is 12.8. The topological polar surface area (TPSA) is 77.1 Å². The molecule has 2 fully saturated rings. The van der Waals surface area contributed by atoms with Crippen molar-refractivity contribution in [2.45, 2.75) is 52.1 Å². The van der Waals surface area contributed by atoms with E-state index in [-0.39, 0.29) is 29.6 Å². The third-order valence-corrected chi connectivity index (χ3v) is 8.83. The highest BCUT2D eigenvalue weighted by Gasteiger charge is 2.28. The minimum absolute atomic E-state index is 0.0216. The van der Waals surface area contributed by atoms with Crippen molar-refractivity contribution in [3.8, 4) is 17.2 Å². The van der Waals surface area contributed by atoms with Crippen LogP contribution in [-0.2, 0) is 4.74 Å². The summed E-state index contributed by atoms with van der Waals surface area (Å²) in [7, 11) is 1.87. The number of ketones is 1. The number of ether oxygens (including phenoxy) is 3. The summed E-state index contributed by atoms with van der Waals surface area (Å²) in [6.07, 6.45) is 7.35. The van der Waals surface area contributed by atoms with E-state index in [4.69, 9.17) is 14.2 Å². The van der Waals surface area contributed by atoms with Gasteiger partial charge in [0, 0.05) is 49.6 Å². The molecule has 3 aromatic carbocycles. The first-order valence-electron chi connectivity index (χ1n) is 16.4. The van der Waals surface area contributed by atoms with Gasteiger partial charge in [0.25, 0.3) is 5.91 Å². The van der Waals surface area contributed by atoms with Crippen LogP contribution in [0.1, 0.15) is 64.8 Å². The van der Waals surface area contributed by atoms with Gasteiger partial charge in [0.15, 0.2) is 5.78 Å². The Morgan fingerprint density at radius 3 is 2.21 bits per heavy atom. The number of halogens is 2. The number of benzene rings is 3. The van der Waals surface area contributed by atoms with Gasteiger partial charge < -0.3 is 24.4 Å². The van der Waals surface area contributed by atoms with Crippen LogP contribution in [0.2, 0.25) is 0 Å². The van der Waals surface area contributed by atoms with Crippen LogP contribution in [0.3, 0.4) is 0 Å². The highest BCUT2D eigenvalue weighted by Crippen LogP contribution is 2.32. The van der Waals surface area contributed by atoms with E-state index >= 15 is 0 Å². The van der Waals surface area contributed by atoms with E-state index in [9.17, 15) is 18.4 Å². The number of amides is 1. The van der Waals surface area contributed by atoms with Crippen LogP contribution >= 0.6 is 0 Å². The van der Waals surface area contributed by atoms with Gasteiger partial charge in [0.1, 0.15) is 17.2 Å². The fraction of sp³-hybridized carbons (Fsp3) is 0.421. The lowest BCUT2D eigenvalue weighted by Crippen LogP contribution is -2.35. The number of Topliss-reactive ketones (excluding diaryl/α,β-unsaturated/α-hetero) is 1. The summed E-state index contributed by atoms with van der Waals surface area (Å²) in [5.74, 6) is 1.76. The normalized spacial score (nSPS) is 18.2. The molecule has 0 aliphatic heterocycles. The average molecular weight is 647 g/mol. The van der Waals surface area contributed by atoms with Crippen molar-refractivity contribution in [3.05, 3.63) is 87.8 Å². The van der Waals surface area contributed by atoms with Crippen molar-refractivity contribution in [2.24, 2.45) is 17.8 Å². The van der Waals surface area contributed by atoms with Gasteiger partial charge in [-0.25, -0.2) is 0 Å². The van der Waals surface area contributed by atoms with E-state index in [1.54, 1.807) is 12.3 Å². The first-order chi connectivity index (χ1) is 22.7. The van der Waals surface area contributed by atoms with Gasteiger partial charge >= 0.3 is 6.61 Å². The lowest BCUT2D eigenvalue weighted by molar-refractivity contribution is -0.0509. The zero-order valence-corrected chi connectivity index (χ0v) is 27.2. The number of alkyl halides is 2. The smallest absolute Gasteiger partial charge is 0.387 e. The first kappa shape index (κ1) is 34.1. The zero-order chi connectivity index (χ0) is 33.3. The maximum absolute atomic E-state index is 13.5. The quantitative estimate of drug-likeness (QED) is 0.154. The number of rotatable bonds is 15. The Labute approximate surface area is 275 Å². The third-order valence-electron chi connectivity index (χ3n) is 8.83. The molecule has 0 bridgehead atoms. The van der Waals surface area contributed by atoms with Gasteiger partial charge in [-0.2, -0.15) is 8.78 Å². The van der Waals surface area contributed by atoms with Crippen molar-refractivity contribution in [2.75, 3.05) is 33.4 Å². The molecule has 0 radical (unpaired) electrons. The van der Waals surface area contributed by atoms with Crippen molar-refractivity contribution in [3.63, 3.8) is 0 Å². The molecule has 0 atom stereocenters. The number of nitrogens with zero attached hydrogens (tertiary/aromatic N) is 1. The van der Waals surface area contributed by atoms with Gasteiger partial charge in [0.05, 0.1) is 12.2 Å². The third kappa shape index (κ3) is 9.88. The van der Waals surface area contributed by atoms with Crippen LogP contribution in [0.15, 0.2) is 60.7 Å². The lowest BCUT2D eigenvalue weighted by atomic mass is 9.78. The highest BCUT2D eigenvalue weighted by atomic mass is 19.3. The molecule has 0 spiro atoms. The van der Waals surface area contributed by atoms with Gasteiger partial charge in [-0.3, -0.25) is 9.59 Å². The maximum Gasteiger partial charge on any atom is 0.387 e. The SMILES string of the molecule is C=c1ccc(C(=O)NCCOCC2CC2)c(OC(F)F)/c1=C/N(C)CC1CCC(C(=O)c2ccc(Oc3ccc(C)cc3)cc2)CC1. The number of aryl methyl sites for hydroxylation is 1.